The minimum Gasteiger partial charge on any atom is -0.388 e. The first-order valence-electron chi connectivity index (χ1n) is 4.77. The Morgan fingerprint density at radius 2 is 2.07 bits per heavy atom. The third-order valence-electron chi connectivity index (χ3n) is 2.03. The number of aliphatic hydroxyl groups is 1. The van der Waals surface area contributed by atoms with E-state index in [2.05, 4.69) is 5.32 Å². The van der Waals surface area contributed by atoms with Gasteiger partial charge in [-0.2, -0.15) is 0 Å². The molecule has 3 nitrogen and oxygen atoms in total. The van der Waals surface area contributed by atoms with Crippen LogP contribution in [0.15, 0.2) is 30.3 Å². The van der Waals surface area contributed by atoms with E-state index in [1.165, 1.54) is 0 Å². The molecule has 0 heterocycles. The van der Waals surface area contributed by atoms with Gasteiger partial charge in [0.25, 0.3) is 0 Å². The van der Waals surface area contributed by atoms with Crippen molar-refractivity contribution < 1.29 is 9.84 Å². The summed E-state index contributed by atoms with van der Waals surface area (Å²) in [5.74, 6) is 0. The normalized spacial score (nSPS) is 12.7. The van der Waals surface area contributed by atoms with Crippen molar-refractivity contribution in [2.45, 2.75) is 12.5 Å². The minimum absolute atomic E-state index is 0.388. The summed E-state index contributed by atoms with van der Waals surface area (Å²) >= 11 is 0. The van der Waals surface area contributed by atoms with Crippen LogP contribution in [0.4, 0.5) is 0 Å². The number of methoxy groups -OCH3 is 1. The molecule has 0 fully saturated rings. The van der Waals surface area contributed by atoms with E-state index in [-0.39, 0.29) is 6.10 Å². The zero-order chi connectivity index (χ0) is 10.2. The lowest BCUT2D eigenvalue weighted by molar-refractivity contribution is 0.146. The fraction of sp³-hybridized carbons (Fsp3) is 0.455. The first kappa shape index (κ1) is 11.2. The predicted octanol–water partition coefficient (Wildman–Crippen LogP) is 1.30. The smallest absolute Gasteiger partial charge is 0.0961 e. The lowest BCUT2D eigenvalue weighted by Crippen LogP contribution is -2.19. The number of hydrogen-bond acceptors (Lipinski definition) is 3. The maximum Gasteiger partial charge on any atom is 0.0961 e. The molecule has 0 saturated carbocycles. The zero-order valence-electron chi connectivity index (χ0n) is 8.44. The van der Waals surface area contributed by atoms with Crippen LogP contribution in [0.2, 0.25) is 0 Å². The van der Waals surface area contributed by atoms with Crippen molar-refractivity contribution >= 4 is 0 Å². The van der Waals surface area contributed by atoms with E-state index in [1.54, 1.807) is 7.11 Å². The summed E-state index contributed by atoms with van der Waals surface area (Å²) in [6.07, 6.45) is 0.313. The highest BCUT2D eigenvalue weighted by Gasteiger charge is 2.04. The SMILES string of the molecule is COCNCCC(O)c1ccccc1. The topological polar surface area (TPSA) is 41.5 Å². The van der Waals surface area contributed by atoms with E-state index >= 15 is 0 Å². The van der Waals surface area contributed by atoms with Gasteiger partial charge < -0.3 is 9.84 Å². The number of hydrogen-bond donors (Lipinski definition) is 2. The van der Waals surface area contributed by atoms with E-state index in [0.29, 0.717) is 13.2 Å². The third kappa shape index (κ3) is 3.87. The Labute approximate surface area is 84.7 Å². The monoisotopic (exact) mass is 195 g/mol. The van der Waals surface area contributed by atoms with Gasteiger partial charge in [-0.15, -0.1) is 0 Å². The molecule has 0 spiro atoms. The van der Waals surface area contributed by atoms with Gasteiger partial charge in [-0.25, -0.2) is 0 Å². The summed E-state index contributed by atoms with van der Waals surface area (Å²) in [6, 6.07) is 9.67. The largest absolute Gasteiger partial charge is 0.388 e. The molecule has 0 aromatic heterocycles. The average Bonchev–Trinajstić information content (AvgIpc) is 2.25. The minimum atomic E-state index is -0.388. The Morgan fingerprint density at radius 3 is 2.71 bits per heavy atom. The molecule has 0 saturated heterocycles. The van der Waals surface area contributed by atoms with Gasteiger partial charge >= 0.3 is 0 Å². The Balaban J connectivity index is 2.25. The standard InChI is InChI=1S/C11H17NO2/c1-14-9-12-8-7-11(13)10-5-3-2-4-6-10/h2-6,11-13H,7-9H2,1H3. The van der Waals surface area contributed by atoms with Crippen LogP contribution in [0.3, 0.4) is 0 Å². The van der Waals surface area contributed by atoms with Crippen molar-refractivity contribution in [3.8, 4) is 0 Å². The summed E-state index contributed by atoms with van der Waals surface area (Å²) in [5, 5.41) is 12.8. The first-order valence-corrected chi connectivity index (χ1v) is 4.77. The maximum absolute atomic E-state index is 9.74. The highest BCUT2D eigenvalue weighted by atomic mass is 16.5. The van der Waals surface area contributed by atoms with E-state index in [9.17, 15) is 5.11 Å². The van der Waals surface area contributed by atoms with Crippen LogP contribution < -0.4 is 5.32 Å². The summed E-state index contributed by atoms with van der Waals surface area (Å²) in [5.41, 5.74) is 0.965. The second-order valence-corrected chi connectivity index (χ2v) is 3.15. The molecule has 0 aliphatic carbocycles. The fourth-order valence-corrected chi connectivity index (χ4v) is 1.25. The summed E-state index contributed by atoms with van der Waals surface area (Å²) in [4.78, 5) is 0. The summed E-state index contributed by atoms with van der Waals surface area (Å²) < 4.78 is 4.84. The van der Waals surface area contributed by atoms with Crippen molar-refractivity contribution in [1.82, 2.24) is 5.32 Å². The van der Waals surface area contributed by atoms with Gasteiger partial charge in [-0.1, -0.05) is 30.3 Å². The van der Waals surface area contributed by atoms with Gasteiger partial charge in [-0.3, -0.25) is 5.32 Å². The zero-order valence-corrected chi connectivity index (χ0v) is 8.44. The molecular weight excluding hydrogens is 178 g/mol. The first-order chi connectivity index (χ1) is 6.84. The summed E-state index contributed by atoms with van der Waals surface area (Å²) in [6.45, 7) is 1.28. The third-order valence-corrected chi connectivity index (χ3v) is 2.03. The lowest BCUT2D eigenvalue weighted by atomic mass is 10.1. The molecule has 1 aromatic carbocycles. The molecule has 0 aliphatic heterocycles. The molecule has 1 unspecified atom stereocenters. The van der Waals surface area contributed by atoms with Gasteiger partial charge in [0.15, 0.2) is 0 Å². The number of aliphatic hydroxyl groups excluding tert-OH is 1. The fourth-order valence-electron chi connectivity index (χ4n) is 1.25. The van der Waals surface area contributed by atoms with Crippen molar-refractivity contribution in [1.29, 1.82) is 0 Å². The van der Waals surface area contributed by atoms with Crippen molar-refractivity contribution in [3.05, 3.63) is 35.9 Å². The highest BCUT2D eigenvalue weighted by Crippen LogP contribution is 2.14. The van der Waals surface area contributed by atoms with Gasteiger partial charge in [0.2, 0.25) is 0 Å². The van der Waals surface area contributed by atoms with Crippen LogP contribution in [-0.2, 0) is 4.74 Å². The average molecular weight is 195 g/mol. The number of nitrogens with one attached hydrogen (secondary N) is 1. The van der Waals surface area contributed by atoms with Crippen molar-refractivity contribution in [2.75, 3.05) is 20.4 Å². The van der Waals surface area contributed by atoms with Crippen LogP contribution in [-0.4, -0.2) is 25.5 Å². The van der Waals surface area contributed by atoms with E-state index in [1.807, 2.05) is 30.3 Å². The van der Waals surface area contributed by atoms with Gasteiger partial charge in [0, 0.05) is 13.7 Å². The maximum atomic E-state index is 9.74. The van der Waals surface area contributed by atoms with Gasteiger partial charge in [-0.05, 0) is 12.0 Å². The van der Waals surface area contributed by atoms with Crippen LogP contribution >= 0.6 is 0 Å². The van der Waals surface area contributed by atoms with Crippen LogP contribution in [0, 0.1) is 0 Å². The Hall–Kier alpha value is -0.900. The number of rotatable bonds is 6. The highest BCUT2D eigenvalue weighted by molar-refractivity contribution is 5.17. The molecule has 0 radical (unpaired) electrons. The second-order valence-electron chi connectivity index (χ2n) is 3.15. The van der Waals surface area contributed by atoms with E-state index in [0.717, 1.165) is 12.1 Å². The molecule has 0 aliphatic rings. The van der Waals surface area contributed by atoms with Crippen LogP contribution in [0.5, 0.6) is 0 Å². The van der Waals surface area contributed by atoms with Gasteiger partial charge in [0.05, 0.1) is 12.8 Å². The summed E-state index contributed by atoms with van der Waals surface area (Å²) in [7, 11) is 1.64. The Bertz CT molecular complexity index is 238. The number of benzene rings is 1. The van der Waals surface area contributed by atoms with Gasteiger partial charge in [0.1, 0.15) is 0 Å². The van der Waals surface area contributed by atoms with Crippen molar-refractivity contribution in [3.63, 3.8) is 0 Å². The molecular formula is C11H17NO2. The second kappa shape index (κ2) is 6.54. The van der Waals surface area contributed by atoms with Crippen molar-refractivity contribution in [2.24, 2.45) is 0 Å². The molecule has 1 aromatic rings. The molecule has 1 rings (SSSR count). The molecule has 0 bridgehead atoms. The molecule has 3 heteroatoms. The lowest BCUT2D eigenvalue weighted by Gasteiger charge is -2.10. The van der Waals surface area contributed by atoms with E-state index in [4.69, 9.17) is 4.74 Å². The molecule has 1 atom stereocenters. The van der Waals surface area contributed by atoms with Crippen LogP contribution in [0.1, 0.15) is 18.1 Å². The van der Waals surface area contributed by atoms with E-state index < -0.39 is 0 Å². The molecule has 0 amide bonds. The number of ether oxygens (including phenoxy) is 1. The predicted molar refractivity (Wildman–Crippen MR) is 55.9 cm³/mol. The molecule has 14 heavy (non-hydrogen) atoms. The molecule has 2 N–H and O–H groups in total. The quantitative estimate of drug-likeness (QED) is 0.531. The molecule has 78 valence electrons. The Kier molecular flexibility index (Phi) is 5.22. The van der Waals surface area contributed by atoms with Crippen LogP contribution in [0.25, 0.3) is 0 Å². The Morgan fingerprint density at radius 1 is 1.36 bits per heavy atom.